The minimum absolute atomic E-state index is 0.179. The molecule has 2 aliphatic rings. The van der Waals surface area contributed by atoms with Crippen LogP contribution in [0.2, 0.25) is 0 Å². The van der Waals surface area contributed by atoms with Crippen molar-refractivity contribution in [1.29, 1.82) is 0 Å². The van der Waals surface area contributed by atoms with Crippen molar-refractivity contribution in [1.82, 2.24) is 0 Å². The predicted octanol–water partition coefficient (Wildman–Crippen LogP) is 3.62. The van der Waals surface area contributed by atoms with Crippen molar-refractivity contribution in [2.24, 2.45) is 17.3 Å². The van der Waals surface area contributed by atoms with Crippen molar-refractivity contribution in [3.8, 4) is 0 Å². The number of hydrogen-bond acceptors (Lipinski definition) is 3. The van der Waals surface area contributed by atoms with Gasteiger partial charge in [0.15, 0.2) is 0 Å². The number of carboxylic acids is 1. The van der Waals surface area contributed by atoms with Gasteiger partial charge in [0.05, 0.1) is 0 Å². The van der Waals surface area contributed by atoms with E-state index in [9.17, 15) is 9.59 Å². The van der Waals surface area contributed by atoms with Crippen molar-refractivity contribution in [2.75, 3.05) is 0 Å². The molecule has 1 saturated carbocycles. The quantitative estimate of drug-likeness (QED) is 0.601. The van der Waals surface area contributed by atoms with E-state index >= 15 is 0 Å². The zero-order chi connectivity index (χ0) is 16.3. The molecule has 22 heavy (non-hydrogen) atoms. The van der Waals surface area contributed by atoms with Crippen LogP contribution in [-0.4, -0.2) is 17.0 Å². The minimum atomic E-state index is -0.887. The van der Waals surface area contributed by atoms with Gasteiger partial charge in [0.2, 0.25) is 0 Å². The van der Waals surface area contributed by atoms with E-state index in [1.54, 1.807) is 6.08 Å². The summed E-state index contributed by atoms with van der Waals surface area (Å²) < 4.78 is 5.03. The molecule has 0 saturated heterocycles. The lowest BCUT2D eigenvalue weighted by Gasteiger charge is -1.99. The van der Waals surface area contributed by atoms with E-state index in [0.717, 1.165) is 18.4 Å². The van der Waals surface area contributed by atoms with E-state index in [4.69, 9.17) is 9.84 Å². The van der Waals surface area contributed by atoms with Gasteiger partial charge in [-0.15, -0.1) is 0 Å². The van der Waals surface area contributed by atoms with Crippen LogP contribution in [0.15, 0.2) is 47.8 Å². The van der Waals surface area contributed by atoms with Crippen molar-refractivity contribution >= 4 is 11.9 Å². The van der Waals surface area contributed by atoms with Gasteiger partial charge in [-0.25, -0.2) is 9.59 Å². The molecular formula is C18H22O4. The summed E-state index contributed by atoms with van der Waals surface area (Å²) in [6, 6.07) is 0. The molecule has 118 valence electrons. The number of carboxylic acid groups (broad SMARTS) is 1. The highest BCUT2D eigenvalue weighted by Crippen LogP contribution is 2.61. The number of hydrogen-bond donors (Lipinski definition) is 1. The molecule has 1 heterocycles. The molecule has 1 aliphatic carbocycles. The summed E-state index contributed by atoms with van der Waals surface area (Å²) in [5, 5.41) is 8.69. The Morgan fingerprint density at radius 3 is 2.77 bits per heavy atom. The lowest BCUT2D eigenvalue weighted by atomic mass is 10.1. The Balaban J connectivity index is 1.79. The fourth-order valence-corrected chi connectivity index (χ4v) is 3.07. The molecule has 0 amide bonds. The van der Waals surface area contributed by atoms with E-state index in [1.807, 2.05) is 19.1 Å². The van der Waals surface area contributed by atoms with Crippen LogP contribution in [0.25, 0.3) is 0 Å². The second-order valence-corrected chi connectivity index (χ2v) is 6.44. The molecule has 0 unspecified atom stereocenters. The first-order chi connectivity index (χ1) is 10.3. The molecule has 0 bridgehead atoms. The zero-order valence-corrected chi connectivity index (χ0v) is 13.2. The monoisotopic (exact) mass is 302 g/mol. The number of ether oxygens (including phenoxy) is 1. The first kappa shape index (κ1) is 16.3. The maximum atomic E-state index is 11.1. The number of carbonyl (C=O) groups is 2. The van der Waals surface area contributed by atoms with Crippen LogP contribution in [0.1, 0.15) is 33.6 Å². The molecule has 0 radical (unpaired) electrons. The number of cyclic esters (lactones) is 1. The van der Waals surface area contributed by atoms with Crippen LogP contribution in [0.5, 0.6) is 0 Å². The van der Waals surface area contributed by atoms with Crippen molar-refractivity contribution in [3.63, 3.8) is 0 Å². The number of allylic oxidation sites excluding steroid dienone is 5. The van der Waals surface area contributed by atoms with E-state index < -0.39 is 5.97 Å². The molecule has 2 atom stereocenters. The maximum absolute atomic E-state index is 11.1. The van der Waals surface area contributed by atoms with Gasteiger partial charge in [-0.2, -0.15) is 0 Å². The minimum Gasteiger partial charge on any atom is -0.478 e. The number of esters is 1. The van der Waals surface area contributed by atoms with Gasteiger partial charge in [-0.1, -0.05) is 32.1 Å². The normalized spacial score (nSPS) is 28.4. The van der Waals surface area contributed by atoms with Crippen LogP contribution in [-0.2, 0) is 14.3 Å². The second-order valence-electron chi connectivity index (χ2n) is 6.44. The number of aliphatic carboxylic acids is 1. The summed E-state index contributed by atoms with van der Waals surface area (Å²) in [6.07, 6.45) is 12.2. The van der Waals surface area contributed by atoms with Gasteiger partial charge < -0.3 is 9.84 Å². The van der Waals surface area contributed by atoms with Crippen LogP contribution in [0.4, 0.5) is 0 Å². The number of carbonyl (C=O) groups excluding carboxylic acids is 1. The van der Waals surface area contributed by atoms with Crippen molar-refractivity contribution < 1.29 is 19.4 Å². The molecule has 1 N–H and O–H groups in total. The average molecular weight is 302 g/mol. The summed E-state index contributed by atoms with van der Waals surface area (Å²) in [5.41, 5.74) is 1.02. The Labute approximate surface area is 130 Å². The second kappa shape index (κ2) is 6.34. The standard InChI is InChI=1S/C18H22O4/c1-12-11-17(21)22-15(12)8-6-4-5-7-13-14(18(13,2)3)9-10-16(19)20/h4,6,8-11,13-14H,5,7H2,1-3H3,(H,19,20)/b6-4-,10-9+,15-8+/t13-,14+/m1/s1. The van der Waals surface area contributed by atoms with Crippen molar-refractivity contribution in [2.45, 2.75) is 33.6 Å². The zero-order valence-electron chi connectivity index (χ0n) is 13.2. The van der Waals surface area contributed by atoms with Gasteiger partial charge in [0.1, 0.15) is 5.76 Å². The van der Waals surface area contributed by atoms with E-state index in [2.05, 4.69) is 19.9 Å². The molecule has 4 nitrogen and oxygen atoms in total. The van der Waals surface area contributed by atoms with Crippen LogP contribution in [0.3, 0.4) is 0 Å². The maximum Gasteiger partial charge on any atom is 0.336 e. The van der Waals surface area contributed by atoms with E-state index in [1.165, 1.54) is 12.2 Å². The summed E-state index contributed by atoms with van der Waals surface area (Å²) in [4.78, 5) is 21.6. The molecular weight excluding hydrogens is 280 g/mol. The average Bonchev–Trinajstić information content (AvgIpc) is 2.76. The summed E-state index contributed by atoms with van der Waals surface area (Å²) in [6.45, 7) is 6.19. The fourth-order valence-electron chi connectivity index (χ4n) is 3.07. The molecule has 0 aromatic carbocycles. The third kappa shape index (κ3) is 3.75. The summed E-state index contributed by atoms with van der Waals surface area (Å²) >= 11 is 0. The fraction of sp³-hybridized carbons (Fsp3) is 0.444. The molecule has 1 aliphatic heterocycles. The van der Waals surface area contributed by atoms with Crippen molar-refractivity contribution in [3.05, 3.63) is 47.8 Å². The molecule has 1 fully saturated rings. The van der Waals surface area contributed by atoms with E-state index in [0.29, 0.717) is 17.6 Å². The smallest absolute Gasteiger partial charge is 0.336 e. The third-order valence-corrected chi connectivity index (χ3v) is 4.55. The Kier molecular flexibility index (Phi) is 4.69. The topological polar surface area (TPSA) is 63.6 Å². The molecule has 0 aromatic heterocycles. The summed E-state index contributed by atoms with van der Waals surface area (Å²) in [7, 11) is 0. The Hall–Kier alpha value is -2.10. The van der Waals surface area contributed by atoms with Gasteiger partial charge in [0, 0.05) is 12.2 Å². The van der Waals surface area contributed by atoms with Crippen LogP contribution < -0.4 is 0 Å². The Morgan fingerprint density at radius 2 is 2.18 bits per heavy atom. The van der Waals surface area contributed by atoms with Gasteiger partial charge in [0.25, 0.3) is 0 Å². The highest BCUT2D eigenvalue weighted by molar-refractivity contribution is 5.88. The van der Waals surface area contributed by atoms with E-state index in [-0.39, 0.29) is 11.4 Å². The lowest BCUT2D eigenvalue weighted by molar-refractivity contribution is -0.132. The van der Waals surface area contributed by atoms with Crippen LogP contribution >= 0.6 is 0 Å². The van der Waals surface area contributed by atoms with Gasteiger partial charge in [-0.05, 0) is 48.7 Å². The largest absolute Gasteiger partial charge is 0.478 e. The van der Waals surface area contributed by atoms with Crippen LogP contribution in [0, 0.1) is 17.3 Å². The van der Waals surface area contributed by atoms with Gasteiger partial charge in [-0.3, -0.25) is 0 Å². The number of rotatable bonds is 6. The first-order valence-corrected chi connectivity index (χ1v) is 7.51. The lowest BCUT2D eigenvalue weighted by Crippen LogP contribution is -1.90. The molecule has 4 heteroatoms. The SMILES string of the molecule is CC1=CC(=O)O/C1=C/C=C\CC[C@@H]1[C@H](/C=C/C(=O)O)C1(C)C. The van der Waals surface area contributed by atoms with Gasteiger partial charge >= 0.3 is 11.9 Å². The Morgan fingerprint density at radius 1 is 1.45 bits per heavy atom. The highest BCUT2D eigenvalue weighted by atomic mass is 16.5. The third-order valence-electron chi connectivity index (χ3n) is 4.55. The summed E-state index contributed by atoms with van der Waals surface area (Å²) in [5.74, 6) is 0.269. The highest BCUT2D eigenvalue weighted by Gasteiger charge is 2.54. The molecule has 0 aromatic rings. The molecule has 2 rings (SSSR count). The molecule has 0 spiro atoms. The first-order valence-electron chi connectivity index (χ1n) is 7.51. The predicted molar refractivity (Wildman–Crippen MR) is 83.8 cm³/mol. The Bertz CT molecular complexity index is 590.